The second-order valence-corrected chi connectivity index (χ2v) is 3.82. The number of para-hydroxylation sites is 1. The Labute approximate surface area is 89.0 Å². The Kier molecular flexibility index (Phi) is 2.50. The maximum atomic E-state index is 11.1. The van der Waals surface area contributed by atoms with Crippen LogP contribution in [-0.4, -0.2) is 10.8 Å². The maximum absolute atomic E-state index is 11.1. The standard InChI is InChI=1S/C13H13NO/c1-9-7-11-5-3-4-6-12(11)14-13(9)8-10(2)15/h3-7H,8H2,1-2H3. The summed E-state index contributed by atoms with van der Waals surface area (Å²) in [6, 6.07) is 10.0. The van der Waals surface area contributed by atoms with Crippen LogP contribution in [0.3, 0.4) is 0 Å². The Balaban J connectivity index is 2.56. The fraction of sp³-hybridized carbons (Fsp3) is 0.231. The molecule has 0 aliphatic rings. The molecule has 2 aromatic rings. The van der Waals surface area contributed by atoms with E-state index in [9.17, 15) is 4.79 Å². The van der Waals surface area contributed by atoms with Gasteiger partial charge in [-0.05, 0) is 31.5 Å². The molecule has 0 bridgehead atoms. The van der Waals surface area contributed by atoms with Crippen LogP contribution >= 0.6 is 0 Å². The monoisotopic (exact) mass is 199 g/mol. The van der Waals surface area contributed by atoms with Gasteiger partial charge in [-0.3, -0.25) is 9.78 Å². The first-order chi connectivity index (χ1) is 7.16. The molecule has 1 heterocycles. The number of carbonyl (C=O) groups is 1. The van der Waals surface area contributed by atoms with E-state index >= 15 is 0 Å². The second-order valence-electron chi connectivity index (χ2n) is 3.82. The topological polar surface area (TPSA) is 30.0 Å². The summed E-state index contributed by atoms with van der Waals surface area (Å²) < 4.78 is 0. The number of carbonyl (C=O) groups excluding carboxylic acids is 1. The lowest BCUT2D eigenvalue weighted by molar-refractivity contribution is -0.116. The number of benzene rings is 1. The quantitative estimate of drug-likeness (QED) is 0.744. The summed E-state index contributed by atoms with van der Waals surface area (Å²) in [5.74, 6) is 0.154. The molecule has 0 radical (unpaired) electrons. The van der Waals surface area contributed by atoms with E-state index in [2.05, 4.69) is 11.1 Å². The molecule has 2 heteroatoms. The fourth-order valence-corrected chi connectivity index (χ4v) is 1.68. The minimum atomic E-state index is 0.154. The Morgan fingerprint density at radius 3 is 2.80 bits per heavy atom. The third-order valence-electron chi connectivity index (χ3n) is 2.44. The largest absolute Gasteiger partial charge is 0.300 e. The molecule has 0 saturated heterocycles. The van der Waals surface area contributed by atoms with Gasteiger partial charge in [0.2, 0.25) is 0 Å². The third kappa shape index (κ3) is 2.04. The molecule has 0 N–H and O–H groups in total. The van der Waals surface area contributed by atoms with Gasteiger partial charge in [0.25, 0.3) is 0 Å². The van der Waals surface area contributed by atoms with Crippen LogP contribution in [0.15, 0.2) is 30.3 Å². The molecule has 0 amide bonds. The molecule has 0 aliphatic heterocycles. The van der Waals surface area contributed by atoms with E-state index in [0.29, 0.717) is 6.42 Å². The first-order valence-corrected chi connectivity index (χ1v) is 5.01. The van der Waals surface area contributed by atoms with Crippen molar-refractivity contribution in [3.63, 3.8) is 0 Å². The highest BCUT2D eigenvalue weighted by Crippen LogP contribution is 2.16. The van der Waals surface area contributed by atoms with Crippen molar-refractivity contribution in [2.45, 2.75) is 20.3 Å². The second kappa shape index (κ2) is 3.81. The summed E-state index contributed by atoms with van der Waals surface area (Å²) in [6.45, 7) is 3.59. The number of hydrogen-bond acceptors (Lipinski definition) is 2. The number of fused-ring (bicyclic) bond motifs is 1. The van der Waals surface area contributed by atoms with Gasteiger partial charge in [0.15, 0.2) is 0 Å². The van der Waals surface area contributed by atoms with E-state index in [1.54, 1.807) is 6.92 Å². The highest BCUT2D eigenvalue weighted by atomic mass is 16.1. The number of pyridine rings is 1. The van der Waals surface area contributed by atoms with Crippen LogP contribution in [0, 0.1) is 6.92 Å². The van der Waals surface area contributed by atoms with E-state index in [4.69, 9.17) is 0 Å². The molecule has 2 rings (SSSR count). The number of aromatic nitrogens is 1. The van der Waals surface area contributed by atoms with Gasteiger partial charge in [0, 0.05) is 11.8 Å². The Hall–Kier alpha value is -1.70. The van der Waals surface area contributed by atoms with E-state index in [0.717, 1.165) is 22.2 Å². The van der Waals surface area contributed by atoms with Crippen molar-refractivity contribution < 1.29 is 4.79 Å². The van der Waals surface area contributed by atoms with Crippen LogP contribution in [0.4, 0.5) is 0 Å². The van der Waals surface area contributed by atoms with Crippen LogP contribution in [-0.2, 0) is 11.2 Å². The van der Waals surface area contributed by atoms with Gasteiger partial charge < -0.3 is 0 Å². The average Bonchev–Trinajstić information content (AvgIpc) is 2.18. The first-order valence-electron chi connectivity index (χ1n) is 5.01. The van der Waals surface area contributed by atoms with Gasteiger partial charge in [-0.1, -0.05) is 18.2 Å². The lowest BCUT2D eigenvalue weighted by atomic mass is 10.1. The van der Waals surface area contributed by atoms with E-state index in [-0.39, 0.29) is 5.78 Å². The lowest BCUT2D eigenvalue weighted by Gasteiger charge is -2.05. The zero-order chi connectivity index (χ0) is 10.8. The van der Waals surface area contributed by atoms with Crippen LogP contribution in [0.25, 0.3) is 10.9 Å². The summed E-state index contributed by atoms with van der Waals surface area (Å²) in [7, 11) is 0. The molecule has 0 fully saturated rings. The van der Waals surface area contributed by atoms with E-state index in [1.807, 2.05) is 31.2 Å². The van der Waals surface area contributed by atoms with Gasteiger partial charge in [0.05, 0.1) is 11.2 Å². The molecular formula is C13H13NO. The number of nitrogens with zero attached hydrogens (tertiary/aromatic N) is 1. The summed E-state index contributed by atoms with van der Waals surface area (Å²) >= 11 is 0. The normalized spacial score (nSPS) is 10.5. The number of ketones is 1. The zero-order valence-corrected chi connectivity index (χ0v) is 8.95. The van der Waals surface area contributed by atoms with Crippen molar-refractivity contribution in [1.29, 1.82) is 0 Å². The zero-order valence-electron chi connectivity index (χ0n) is 8.95. The van der Waals surface area contributed by atoms with Crippen molar-refractivity contribution in [2.75, 3.05) is 0 Å². The number of aryl methyl sites for hydroxylation is 1. The molecular weight excluding hydrogens is 186 g/mol. The molecule has 0 aliphatic carbocycles. The molecule has 0 saturated carbocycles. The predicted octanol–water partition coefficient (Wildman–Crippen LogP) is 2.67. The smallest absolute Gasteiger partial charge is 0.135 e. The Morgan fingerprint density at radius 2 is 2.07 bits per heavy atom. The van der Waals surface area contributed by atoms with Crippen LogP contribution < -0.4 is 0 Å². The highest BCUT2D eigenvalue weighted by Gasteiger charge is 2.05. The molecule has 0 unspecified atom stereocenters. The minimum absolute atomic E-state index is 0.154. The van der Waals surface area contributed by atoms with Crippen molar-refractivity contribution in [3.8, 4) is 0 Å². The van der Waals surface area contributed by atoms with Crippen LogP contribution in [0.2, 0.25) is 0 Å². The fourth-order valence-electron chi connectivity index (χ4n) is 1.68. The minimum Gasteiger partial charge on any atom is -0.300 e. The SMILES string of the molecule is CC(=O)Cc1nc2ccccc2cc1C. The number of Topliss-reactive ketones (excluding diaryl/α,β-unsaturated/α-hetero) is 1. The third-order valence-corrected chi connectivity index (χ3v) is 2.44. The van der Waals surface area contributed by atoms with Crippen molar-refractivity contribution >= 4 is 16.7 Å². The van der Waals surface area contributed by atoms with Gasteiger partial charge in [-0.15, -0.1) is 0 Å². The molecule has 0 spiro atoms. The lowest BCUT2D eigenvalue weighted by Crippen LogP contribution is -2.02. The maximum Gasteiger partial charge on any atom is 0.135 e. The van der Waals surface area contributed by atoms with Crippen molar-refractivity contribution in [3.05, 3.63) is 41.6 Å². The molecule has 1 aromatic heterocycles. The van der Waals surface area contributed by atoms with Crippen molar-refractivity contribution in [2.24, 2.45) is 0 Å². The number of hydrogen-bond donors (Lipinski definition) is 0. The summed E-state index contributed by atoms with van der Waals surface area (Å²) in [5, 5.41) is 1.13. The highest BCUT2D eigenvalue weighted by molar-refractivity contribution is 5.82. The predicted molar refractivity (Wildman–Crippen MR) is 60.9 cm³/mol. The van der Waals surface area contributed by atoms with E-state index in [1.165, 1.54) is 0 Å². The summed E-state index contributed by atoms with van der Waals surface area (Å²) in [4.78, 5) is 15.6. The summed E-state index contributed by atoms with van der Waals surface area (Å²) in [6.07, 6.45) is 0.427. The van der Waals surface area contributed by atoms with Gasteiger partial charge in [-0.25, -0.2) is 0 Å². The van der Waals surface area contributed by atoms with Crippen LogP contribution in [0.5, 0.6) is 0 Å². The summed E-state index contributed by atoms with van der Waals surface area (Å²) in [5.41, 5.74) is 2.93. The molecule has 0 atom stereocenters. The molecule has 1 aromatic carbocycles. The van der Waals surface area contributed by atoms with Gasteiger partial charge in [0.1, 0.15) is 5.78 Å². The molecule has 2 nitrogen and oxygen atoms in total. The Bertz CT molecular complexity index is 517. The van der Waals surface area contributed by atoms with Gasteiger partial charge in [-0.2, -0.15) is 0 Å². The van der Waals surface area contributed by atoms with Crippen LogP contribution in [0.1, 0.15) is 18.2 Å². The van der Waals surface area contributed by atoms with Crippen molar-refractivity contribution in [1.82, 2.24) is 4.98 Å². The first kappa shape index (κ1) is 9.84. The van der Waals surface area contributed by atoms with Gasteiger partial charge >= 0.3 is 0 Å². The van der Waals surface area contributed by atoms with E-state index < -0.39 is 0 Å². The molecule has 76 valence electrons. The Morgan fingerprint density at radius 1 is 1.33 bits per heavy atom. The number of rotatable bonds is 2. The average molecular weight is 199 g/mol. The molecule has 15 heavy (non-hydrogen) atoms.